The number of ether oxygens (including phenoxy) is 1. The summed E-state index contributed by atoms with van der Waals surface area (Å²) in [4.78, 5) is 23.7. The molecular formula is C14H17BrO3. The van der Waals surface area contributed by atoms with Gasteiger partial charge in [-0.2, -0.15) is 0 Å². The van der Waals surface area contributed by atoms with E-state index in [1.807, 2.05) is 0 Å². The predicted molar refractivity (Wildman–Crippen MR) is 72.1 cm³/mol. The molecule has 2 aliphatic carbocycles. The first-order valence-electron chi connectivity index (χ1n) is 6.10. The maximum absolute atomic E-state index is 12.1. The molecule has 3 atom stereocenters. The van der Waals surface area contributed by atoms with Gasteiger partial charge in [0.05, 0.1) is 7.11 Å². The fourth-order valence-electron chi connectivity index (χ4n) is 3.23. The van der Waals surface area contributed by atoms with Crippen LogP contribution in [0.2, 0.25) is 0 Å². The van der Waals surface area contributed by atoms with Crippen LogP contribution in [0.4, 0.5) is 0 Å². The zero-order chi connectivity index (χ0) is 13.3. The lowest BCUT2D eigenvalue weighted by Crippen LogP contribution is -2.41. The molecule has 0 aromatic heterocycles. The van der Waals surface area contributed by atoms with Gasteiger partial charge in [0.1, 0.15) is 11.7 Å². The molecule has 4 heteroatoms. The number of Topliss-reactive ketones (excluding diaryl/α,β-unsaturated/α-hetero) is 1. The van der Waals surface area contributed by atoms with Crippen molar-refractivity contribution in [1.82, 2.24) is 0 Å². The van der Waals surface area contributed by atoms with Crippen molar-refractivity contribution in [3.05, 3.63) is 23.2 Å². The molecular weight excluding hydrogens is 296 g/mol. The van der Waals surface area contributed by atoms with Crippen LogP contribution in [-0.2, 0) is 14.3 Å². The second kappa shape index (κ2) is 5.00. The van der Waals surface area contributed by atoms with Crippen molar-refractivity contribution < 1.29 is 14.3 Å². The third kappa shape index (κ3) is 2.30. The first-order chi connectivity index (χ1) is 8.48. The Morgan fingerprint density at radius 3 is 3.00 bits per heavy atom. The van der Waals surface area contributed by atoms with Gasteiger partial charge in [0.25, 0.3) is 0 Å². The Morgan fingerprint density at radius 2 is 2.39 bits per heavy atom. The number of carbonyl (C=O) groups is 2. The number of allylic oxidation sites excluding steroid dienone is 3. The monoisotopic (exact) mass is 312 g/mol. The predicted octanol–water partition coefficient (Wildman–Crippen LogP) is 3.00. The van der Waals surface area contributed by atoms with Crippen molar-refractivity contribution in [2.45, 2.75) is 25.7 Å². The minimum Gasteiger partial charge on any atom is -0.468 e. The Hall–Kier alpha value is -0.900. The smallest absolute Gasteiger partial charge is 0.316 e. The van der Waals surface area contributed by atoms with Crippen LogP contribution >= 0.6 is 15.9 Å². The van der Waals surface area contributed by atoms with Crippen LogP contribution in [0.15, 0.2) is 23.2 Å². The number of fused-ring (bicyclic) bond motifs is 1. The van der Waals surface area contributed by atoms with Gasteiger partial charge in [0.15, 0.2) is 0 Å². The van der Waals surface area contributed by atoms with Crippen molar-refractivity contribution >= 4 is 27.7 Å². The van der Waals surface area contributed by atoms with E-state index in [-0.39, 0.29) is 11.2 Å². The summed E-state index contributed by atoms with van der Waals surface area (Å²) in [5, 5.41) is 0. The highest BCUT2D eigenvalue weighted by molar-refractivity contribution is 9.11. The van der Waals surface area contributed by atoms with Gasteiger partial charge in [-0.3, -0.25) is 9.59 Å². The fourth-order valence-corrected chi connectivity index (χ4v) is 3.75. The van der Waals surface area contributed by atoms with E-state index in [9.17, 15) is 9.59 Å². The summed E-state index contributed by atoms with van der Waals surface area (Å²) in [6, 6.07) is 0. The maximum atomic E-state index is 12.1. The van der Waals surface area contributed by atoms with E-state index in [1.54, 1.807) is 0 Å². The Balaban J connectivity index is 2.21. The van der Waals surface area contributed by atoms with Gasteiger partial charge in [-0.25, -0.2) is 0 Å². The maximum Gasteiger partial charge on any atom is 0.316 e. The lowest BCUT2D eigenvalue weighted by Gasteiger charge is -2.40. The molecule has 1 saturated carbocycles. The van der Waals surface area contributed by atoms with E-state index in [0.29, 0.717) is 18.8 Å². The summed E-state index contributed by atoms with van der Waals surface area (Å²) >= 11 is 3.39. The van der Waals surface area contributed by atoms with Crippen LogP contribution in [-0.4, -0.2) is 18.9 Å². The average Bonchev–Trinajstić information content (AvgIpc) is 2.67. The fraction of sp³-hybridized carbons (Fsp3) is 0.571. The number of carbonyl (C=O) groups excluding carboxylic acids is 2. The summed E-state index contributed by atoms with van der Waals surface area (Å²) < 4.78 is 5.62. The molecule has 0 aromatic carbocycles. The first-order valence-corrected chi connectivity index (χ1v) is 6.89. The zero-order valence-electron chi connectivity index (χ0n) is 10.4. The molecule has 0 radical (unpaired) electrons. The van der Waals surface area contributed by atoms with E-state index < -0.39 is 11.9 Å². The topological polar surface area (TPSA) is 43.4 Å². The van der Waals surface area contributed by atoms with Crippen molar-refractivity contribution in [3.8, 4) is 0 Å². The van der Waals surface area contributed by atoms with Crippen LogP contribution < -0.4 is 0 Å². The van der Waals surface area contributed by atoms with E-state index in [1.165, 1.54) is 7.11 Å². The number of halogens is 1. The Bertz CT molecular complexity index is 427. The molecule has 0 saturated heterocycles. The molecule has 0 heterocycles. The van der Waals surface area contributed by atoms with Gasteiger partial charge in [0.2, 0.25) is 0 Å². The summed E-state index contributed by atoms with van der Waals surface area (Å²) in [6.07, 6.45) is 6.95. The molecule has 0 aliphatic heterocycles. The SMILES string of the molecule is C=C(Br)C[C@@]12C=CC[C@@H]1CC(C(=O)OC)C(=O)C2. The van der Waals surface area contributed by atoms with Crippen LogP contribution in [0.5, 0.6) is 0 Å². The molecule has 0 N–H and O–H groups in total. The van der Waals surface area contributed by atoms with Gasteiger partial charge >= 0.3 is 5.97 Å². The van der Waals surface area contributed by atoms with Crippen molar-refractivity contribution in [1.29, 1.82) is 0 Å². The van der Waals surface area contributed by atoms with Gasteiger partial charge in [-0.1, -0.05) is 34.7 Å². The summed E-state index contributed by atoms with van der Waals surface area (Å²) in [5.41, 5.74) is -0.137. The Labute approximate surface area is 115 Å². The third-order valence-electron chi connectivity index (χ3n) is 4.10. The molecule has 0 amide bonds. The van der Waals surface area contributed by atoms with Crippen molar-refractivity contribution in [2.75, 3.05) is 7.11 Å². The number of ketones is 1. The Morgan fingerprint density at radius 1 is 1.67 bits per heavy atom. The molecule has 3 nitrogen and oxygen atoms in total. The van der Waals surface area contributed by atoms with Crippen LogP contribution in [0.3, 0.4) is 0 Å². The second-order valence-corrected chi connectivity index (χ2v) is 6.34. The van der Waals surface area contributed by atoms with E-state index in [0.717, 1.165) is 17.3 Å². The lowest BCUT2D eigenvalue weighted by atomic mass is 9.63. The lowest BCUT2D eigenvalue weighted by molar-refractivity contribution is -0.153. The van der Waals surface area contributed by atoms with Crippen molar-refractivity contribution in [2.24, 2.45) is 17.3 Å². The number of methoxy groups -OCH3 is 1. The number of hydrogen-bond donors (Lipinski definition) is 0. The summed E-state index contributed by atoms with van der Waals surface area (Å²) in [6.45, 7) is 3.88. The number of rotatable bonds is 3. The van der Waals surface area contributed by atoms with E-state index in [4.69, 9.17) is 4.74 Å². The third-order valence-corrected chi connectivity index (χ3v) is 4.38. The van der Waals surface area contributed by atoms with Crippen LogP contribution in [0.1, 0.15) is 25.7 Å². The molecule has 18 heavy (non-hydrogen) atoms. The zero-order valence-corrected chi connectivity index (χ0v) is 12.0. The first kappa shape index (κ1) is 13.5. The van der Waals surface area contributed by atoms with Gasteiger partial charge in [-0.15, -0.1) is 0 Å². The molecule has 2 rings (SSSR count). The van der Waals surface area contributed by atoms with Gasteiger partial charge < -0.3 is 4.74 Å². The normalized spacial score (nSPS) is 34.2. The Kier molecular flexibility index (Phi) is 3.76. The molecule has 1 unspecified atom stereocenters. The number of hydrogen-bond acceptors (Lipinski definition) is 3. The minimum atomic E-state index is -0.573. The van der Waals surface area contributed by atoms with Crippen molar-refractivity contribution in [3.63, 3.8) is 0 Å². The average molecular weight is 313 g/mol. The van der Waals surface area contributed by atoms with E-state index >= 15 is 0 Å². The highest BCUT2D eigenvalue weighted by Gasteiger charge is 2.49. The molecule has 0 spiro atoms. The molecule has 98 valence electrons. The second-order valence-electron chi connectivity index (χ2n) is 5.22. The molecule has 1 fully saturated rings. The minimum absolute atomic E-state index is 0.00148. The quantitative estimate of drug-likeness (QED) is 0.457. The molecule has 2 aliphatic rings. The van der Waals surface area contributed by atoms with Gasteiger partial charge in [-0.05, 0) is 29.7 Å². The molecule has 0 aromatic rings. The molecule has 0 bridgehead atoms. The van der Waals surface area contributed by atoms with Crippen LogP contribution in [0.25, 0.3) is 0 Å². The number of esters is 1. The van der Waals surface area contributed by atoms with Crippen LogP contribution in [0, 0.1) is 17.3 Å². The van der Waals surface area contributed by atoms with Gasteiger partial charge in [0, 0.05) is 11.8 Å². The summed E-state index contributed by atoms with van der Waals surface area (Å²) in [7, 11) is 1.34. The summed E-state index contributed by atoms with van der Waals surface area (Å²) in [5.74, 6) is -0.623. The largest absolute Gasteiger partial charge is 0.468 e. The standard InChI is InChI=1S/C14H17BrO3/c1-9(15)7-14-5-3-4-10(14)6-11(12(16)8-14)13(17)18-2/h3,5,10-11H,1,4,6-8H2,2H3/t10-,11?,14-/m1/s1. The highest BCUT2D eigenvalue weighted by atomic mass is 79.9. The highest BCUT2D eigenvalue weighted by Crippen LogP contribution is 2.52. The van der Waals surface area contributed by atoms with E-state index in [2.05, 4.69) is 34.7 Å².